The standard InChI is InChI=1S/C14H15NO2S/c1-9-3-4-11-12(18-8-6-13(16)17)5-7-15-14(11)10(9)2/h3-5,7H,6,8H2,1-2H3,(H,16,17). The van der Waals surface area contributed by atoms with Crippen LogP contribution in [0.2, 0.25) is 0 Å². The number of carboxylic acid groups (broad SMARTS) is 1. The average molecular weight is 261 g/mol. The number of fused-ring (bicyclic) bond motifs is 1. The number of hydrogen-bond acceptors (Lipinski definition) is 3. The second-order valence-corrected chi connectivity index (χ2v) is 5.34. The van der Waals surface area contributed by atoms with Crippen LogP contribution in [0.15, 0.2) is 29.3 Å². The van der Waals surface area contributed by atoms with E-state index in [4.69, 9.17) is 5.11 Å². The molecule has 4 heteroatoms. The van der Waals surface area contributed by atoms with Crippen LogP contribution in [-0.2, 0) is 4.79 Å². The number of benzene rings is 1. The maximum absolute atomic E-state index is 10.5. The molecule has 0 spiro atoms. The molecule has 0 aliphatic rings. The molecule has 0 unspecified atom stereocenters. The van der Waals surface area contributed by atoms with Gasteiger partial charge in [-0.2, -0.15) is 0 Å². The Morgan fingerprint density at radius 2 is 2.11 bits per heavy atom. The van der Waals surface area contributed by atoms with Gasteiger partial charge in [-0.1, -0.05) is 12.1 Å². The molecule has 1 N–H and O–H groups in total. The molecule has 1 heterocycles. The molecule has 94 valence electrons. The minimum atomic E-state index is -0.757. The Morgan fingerprint density at radius 1 is 1.33 bits per heavy atom. The van der Waals surface area contributed by atoms with Crippen LogP contribution in [-0.4, -0.2) is 21.8 Å². The van der Waals surface area contributed by atoms with Gasteiger partial charge in [-0.05, 0) is 31.0 Å². The molecule has 3 nitrogen and oxygen atoms in total. The van der Waals surface area contributed by atoms with Crippen LogP contribution in [0.1, 0.15) is 17.5 Å². The zero-order valence-electron chi connectivity index (χ0n) is 10.4. The number of carbonyl (C=O) groups is 1. The van der Waals surface area contributed by atoms with E-state index < -0.39 is 5.97 Å². The Morgan fingerprint density at radius 3 is 2.83 bits per heavy atom. The maximum atomic E-state index is 10.5. The molecule has 0 aliphatic heterocycles. The van der Waals surface area contributed by atoms with Crippen molar-refractivity contribution >= 4 is 28.6 Å². The predicted molar refractivity (Wildman–Crippen MR) is 74.2 cm³/mol. The van der Waals surface area contributed by atoms with Crippen molar-refractivity contribution in [2.24, 2.45) is 0 Å². The number of aryl methyl sites for hydroxylation is 2. The van der Waals surface area contributed by atoms with Crippen LogP contribution in [0.25, 0.3) is 10.9 Å². The summed E-state index contributed by atoms with van der Waals surface area (Å²) in [7, 11) is 0. The van der Waals surface area contributed by atoms with E-state index in [0.717, 1.165) is 15.8 Å². The van der Waals surface area contributed by atoms with Gasteiger partial charge in [0, 0.05) is 22.2 Å². The number of hydrogen-bond donors (Lipinski definition) is 1. The molecule has 2 rings (SSSR count). The normalized spacial score (nSPS) is 10.8. The molecule has 0 bridgehead atoms. The molecule has 0 atom stereocenters. The molecule has 0 amide bonds. The van der Waals surface area contributed by atoms with Gasteiger partial charge in [0.15, 0.2) is 0 Å². The highest BCUT2D eigenvalue weighted by Gasteiger charge is 2.07. The van der Waals surface area contributed by atoms with Crippen LogP contribution in [0.3, 0.4) is 0 Å². The quantitative estimate of drug-likeness (QED) is 0.857. The maximum Gasteiger partial charge on any atom is 0.304 e. The van der Waals surface area contributed by atoms with Crippen molar-refractivity contribution < 1.29 is 9.90 Å². The number of aliphatic carboxylic acids is 1. The number of nitrogens with zero attached hydrogens (tertiary/aromatic N) is 1. The fourth-order valence-corrected chi connectivity index (χ4v) is 2.78. The number of rotatable bonds is 4. The summed E-state index contributed by atoms with van der Waals surface area (Å²) < 4.78 is 0. The van der Waals surface area contributed by atoms with Crippen LogP contribution < -0.4 is 0 Å². The Labute approximate surface area is 110 Å². The monoisotopic (exact) mass is 261 g/mol. The van der Waals surface area contributed by atoms with Crippen molar-refractivity contribution in [3.8, 4) is 0 Å². The number of carboxylic acids is 1. The smallest absolute Gasteiger partial charge is 0.304 e. The molecule has 0 saturated carbocycles. The van der Waals surface area contributed by atoms with Crippen LogP contribution in [0, 0.1) is 13.8 Å². The second-order valence-electron chi connectivity index (χ2n) is 4.20. The lowest BCUT2D eigenvalue weighted by Gasteiger charge is -2.08. The first-order chi connectivity index (χ1) is 8.59. The van der Waals surface area contributed by atoms with Gasteiger partial charge in [-0.3, -0.25) is 9.78 Å². The molecule has 0 radical (unpaired) electrons. The predicted octanol–water partition coefficient (Wildman–Crippen LogP) is 3.42. The topological polar surface area (TPSA) is 50.2 Å². The Balaban J connectivity index is 2.34. The molecule has 18 heavy (non-hydrogen) atoms. The molecule has 0 fully saturated rings. The fourth-order valence-electron chi connectivity index (χ4n) is 1.81. The SMILES string of the molecule is Cc1ccc2c(SCCC(=O)O)ccnc2c1C. The van der Waals surface area contributed by atoms with Crippen molar-refractivity contribution in [1.82, 2.24) is 4.98 Å². The summed E-state index contributed by atoms with van der Waals surface area (Å²) in [6.07, 6.45) is 1.97. The van der Waals surface area contributed by atoms with Gasteiger partial charge >= 0.3 is 5.97 Å². The summed E-state index contributed by atoms with van der Waals surface area (Å²) in [5.74, 6) is -0.172. The van der Waals surface area contributed by atoms with E-state index in [1.807, 2.05) is 6.07 Å². The summed E-state index contributed by atoms with van der Waals surface area (Å²) in [6.45, 7) is 4.14. The van der Waals surface area contributed by atoms with E-state index in [1.165, 1.54) is 11.1 Å². The van der Waals surface area contributed by atoms with E-state index in [9.17, 15) is 4.79 Å². The minimum Gasteiger partial charge on any atom is -0.481 e. The highest BCUT2D eigenvalue weighted by Crippen LogP contribution is 2.29. The third-order valence-corrected chi connectivity index (χ3v) is 4.05. The van der Waals surface area contributed by atoms with E-state index in [0.29, 0.717) is 5.75 Å². The Kier molecular flexibility index (Phi) is 3.87. The fraction of sp³-hybridized carbons (Fsp3) is 0.286. The van der Waals surface area contributed by atoms with Crippen molar-refractivity contribution in [3.63, 3.8) is 0 Å². The van der Waals surface area contributed by atoms with Crippen LogP contribution in [0.4, 0.5) is 0 Å². The van der Waals surface area contributed by atoms with E-state index in [2.05, 4.69) is 31.0 Å². The molecule has 1 aromatic heterocycles. The number of aromatic nitrogens is 1. The lowest BCUT2D eigenvalue weighted by molar-refractivity contribution is -0.136. The zero-order valence-corrected chi connectivity index (χ0v) is 11.3. The van der Waals surface area contributed by atoms with Crippen molar-refractivity contribution in [3.05, 3.63) is 35.5 Å². The van der Waals surface area contributed by atoms with Gasteiger partial charge in [0.2, 0.25) is 0 Å². The van der Waals surface area contributed by atoms with E-state index in [-0.39, 0.29) is 6.42 Å². The molecule has 1 aromatic carbocycles. The van der Waals surface area contributed by atoms with E-state index >= 15 is 0 Å². The number of pyridine rings is 1. The Hall–Kier alpha value is -1.55. The number of thioether (sulfide) groups is 1. The summed E-state index contributed by atoms with van der Waals surface area (Å²) in [5, 5.41) is 9.77. The average Bonchev–Trinajstić information content (AvgIpc) is 2.34. The minimum absolute atomic E-state index is 0.180. The second kappa shape index (κ2) is 5.40. The van der Waals surface area contributed by atoms with Gasteiger partial charge in [0.05, 0.1) is 11.9 Å². The van der Waals surface area contributed by atoms with Gasteiger partial charge < -0.3 is 5.11 Å². The molecule has 0 aliphatic carbocycles. The first kappa shape index (κ1) is 12.9. The summed E-state index contributed by atoms with van der Waals surface area (Å²) in [5.41, 5.74) is 3.42. The molecular weight excluding hydrogens is 246 g/mol. The first-order valence-corrected chi connectivity index (χ1v) is 6.77. The largest absolute Gasteiger partial charge is 0.481 e. The van der Waals surface area contributed by atoms with Gasteiger partial charge in [0.1, 0.15) is 0 Å². The van der Waals surface area contributed by atoms with Crippen LogP contribution in [0.5, 0.6) is 0 Å². The highest BCUT2D eigenvalue weighted by molar-refractivity contribution is 7.99. The van der Waals surface area contributed by atoms with Crippen molar-refractivity contribution in [2.45, 2.75) is 25.2 Å². The van der Waals surface area contributed by atoms with Gasteiger partial charge in [-0.25, -0.2) is 0 Å². The van der Waals surface area contributed by atoms with Crippen LogP contribution >= 0.6 is 11.8 Å². The van der Waals surface area contributed by atoms with Gasteiger partial charge in [-0.15, -0.1) is 11.8 Å². The third kappa shape index (κ3) is 2.64. The third-order valence-electron chi connectivity index (χ3n) is 2.97. The lowest BCUT2D eigenvalue weighted by Crippen LogP contribution is -1.96. The summed E-state index contributed by atoms with van der Waals surface area (Å²) >= 11 is 1.57. The van der Waals surface area contributed by atoms with Gasteiger partial charge in [0.25, 0.3) is 0 Å². The van der Waals surface area contributed by atoms with E-state index in [1.54, 1.807) is 18.0 Å². The summed E-state index contributed by atoms with van der Waals surface area (Å²) in [4.78, 5) is 16.0. The molecule has 2 aromatic rings. The highest BCUT2D eigenvalue weighted by atomic mass is 32.2. The zero-order chi connectivity index (χ0) is 13.1. The first-order valence-electron chi connectivity index (χ1n) is 5.79. The summed E-state index contributed by atoms with van der Waals surface area (Å²) in [6, 6.07) is 6.10. The molecular formula is C14H15NO2S. The molecule has 0 saturated heterocycles. The Bertz CT molecular complexity index is 596. The van der Waals surface area contributed by atoms with Crippen molar-refractivity contribution in [2.75, 3.05) is 5.75 Å². The van der Waals surface area contributed by atoms with Crippen molar-refractivity contribution in [1.29, 1.82) is 0 Å². The lowest BCUT2D eigenvalue weighted by atomic mass is 10.1.